The maximum Gasteiger partial charge on any atom is 0.221 e. The predicted octanol–water partition coefficient (Wildman–Crippen LogP) is 3.00. The van der Waals surface area contributed by atoms with Crippen molar-refractivity contribution in [3.05, 3.63) is 29.3 Å². The molecule has 1 rings (SSSR count). The molecule has 0 spiro atoms. The minimum atomic E-state index is 0. The highest BCUT2D eigenvalue weighted by Crippen LogP contribution is 2.21. The molecule has 0 unspecified atom stereocenters. The second kappa shape index (κ2) is 17.3. The van der Waals surface area contributed by atoms with E-state index in [-0.39, 0.29) is 29.9 Å². The molecule has 0 aliphatic carbocycles. The van der Waals surface area contributed by atoms with E-state index in [1.54, 1.807) is 0 Å². The van der Waals surface area contributed by atoms with Crippen molar-refractivity contribution in [3.63, 3.8) is 0 Å². The summed E-state index contributed by atoms with van der Waals surface area (Å²) < 4.78 is 11.2. The monoisotopic (exact) mass is 520 g/mol. The summed E-state index contributed by atoms with van der Waals surface area (Å²) in [6.45, 7) is 12.3. The van der Waals surface area contributed by atoms with Crippen LogP contribution in [0.1, 0.15) is 44.7 Å². The van der Waals surface area contributed by atoms with Crippen LogP contribution >= 0.6 is 24.0 Å². The molecule has 3 N–H and O–H groups in total. The summed E-state index contributed by atoms with van der Waals surface area (Å²) in [6, 6.07) is 6.12. The lowest BCUT2D eigenvalue weighted by Crippen LogP contribution is -2.39. The van der Waals surface area contributed by atoms with Gasteiger partial charge in [-0.3, -0.25) is 4.79 Å². The molecule has 0 fully saturated rings. The third-order valence-electron chi connectivity index (χ3n) is 3.88. The fraction of sp³-hybridized carbons (Fsp3) is 0.619. The van der Waals surface area contributed by atoms with Gasteiger partial charge in [-0.2, -0.15) is 0 Å². The van der Waals surface area contributed by atoms with E-state index in [4.69, 9.17) is 9.47 Å². The quantitative estimate of drug-likeness (QED) is 0.161. The van der Waals surface area contributed by atoms with Crippen molar-refractivity contribution in [1.82, 2.24) is 16.0 Å². The molecule has 29 heavy (non-hydrogen) atoms. The number of aryl methyl sites for hydroxylation is 1. The second-order valence-electron chi connectivity index (χ2n) is 6.38. The van der Waals surface area contributed by atoms with Crippen molar-refractivity contribution < 1.29 is 14.3 Å². The van der Waals surface area contributed by atoms with Crippen molar-refractivity contribution in [2.75, 3.05) is 39.5 Å². The molecule has 7 nitrogen and oxygen atoms in total. The number of benzene rings is 1. The first-order chi connectivity index (χ1) is 13.6. The van der Waals surface area contributed by atoms with E-state index in [2.05, 4.69) is 27.0 Å². The summed E-state index contributed by atoms with van der Waals surface area (Å²) in [5, 5.41) is 9.28. The first kappa shape index (κ1) is 27.5. The van der Waals surface area contributed by atoms with Crippen LogP contribution in [0.15, 0.2) is 23.2 Å². The molecule has 0 bridgehead atoms. The van der Waals surface area contributed by atoms with E-state index in [9.17, 15) is 4.79 Å². The summed E-state index contributed by atoms with van der Waals surface area (Å²) in [5.41, 5.74) is 2.15. The Bertz CT molecular complexity index is 612. The Labute approximate surface area is 192 Å². The van der Waals surface area contributed by atoms with Gasteiger partial charge in [0.1, 0.15) is 12.4 Å². The molecular weight excluding hydrogens is 483 g/mol. The zero-order valence-corrected chi connectivity index (χ0v) is 20.5. The molecule has 0 saturated carbocycles. The number of hydrogen-bond acceptors (Lipinski definition) is 4. The number of carbonyl (C=O) groups excluding carboxylic acids is 1. The third-order valence-corrected chi connectivity index (χ3v) is 3.88. The van der Waals surface area contributed by atoms with Gasteiger partial charge in [0.25, 0.3) is 0 Å². The maximum absolute atomic E-state index is 11.7. The van der Waals surface area contributed by atoms with Gasteiger partial charge < -0.3 is 25.4 Å². The summed E-state index contributed by atoms with van der Waals surface area (Å²) in [5.74, 6) is 1.57. The van der Waals surface area contributed by atoms with Crippen LogP contribution in [0.5, 0.6) is 5.75 Å². The molecule has 166 valence electrons. The zero-order chi connectivity index (χ0) is 20.6. The SMILES string of the molecule is CCCNC(=O)CCNC(=NCc1ccc(C)cc1OCCOCC)NCC.I. The van der Waals surface area contributed by atoms with Gasteiger partial charge in [-0.1, -0.05) is 19.1 Å². The normalized spacial score (nSPS) is 10.8. The topological polar surface area (TPSA) is 84.0 Å². The molecule has 0 saturated heterocycles. The fourth-order valence-corrected chi connectivity index (χ4v) is 2.43. The summed E-state index contributed by atoms with van der Waals surface area (Å²) in [7, 11) is 0. The first-order valence-corrected chi connectivity index (χ1v) is 10.2. The van der Waals surface area contributed by atoms with E-state index >= 15 is 0 Å². The molecule has 0 aliphatic rings. The predicted molar refractivity (Wildman–Crippen MR) is 129 cm³/mol. The van der Waals surface area contributed by atoms with Crippen LogP contribution in [0.2, 0.25) is 0 Å². The second-order valence-corrected chi connectivity index (χ2v) is 6.38. The number of nitrogens with one attached hydrogen (secondary N) is 3. The number of halogens is 1. The molecule has 0 heterocycles. The Morgan fingerprint density at radius 1 is 1.07 bits per heavy atom. The van der Waals surface area contributed by atoms with Crippen LogP contribution in [0.25, 0.3) is 0 Å². The number of carbonyl (C=O) groups is 1. The summed E-state index contributed by atoms with van der Waals surface area (Å²) in [6.07, 6.45) is 1.36. The molecule has 0 radical (unpaired) electrons. The van der Waals surface area contributed by atoms with Crippen LogP contribution in [-0.4, -0.2) is 51.3 Å². The average molecular weight is 520 g/mol. The smallest absolute Gasteiger partial charge is 0.221 e. The minimum absolute atomic E-state index is 0. The average Bonchev–Trinajstić information content (AvgIpc) is 2.68. The van der Waals surface area contributed by atoms with Gasteiger partial charge in [0.05, 0.1) is 13.2 Å². The van der Waals surface area contributed by atoms with Gasteiger partial charge in [-0.25, -0.2) is 4.99 Å². The number of amides is 1. The van der Waals surface area contributed by atoms with Crippen LogP contribution in [0.3, 0.4) is 0 Å². The Hall–Kier alpha value is -1.55. The van der Waals surface area contributed by atoms with Gasteiger partial charge in [0.2, 0.25) is 5.91 Å². The van der Waals surface area contributed by atoms with E-state index < -0.39 is 0 Å². The third kappa shape index (κ3) is 12.6. The molecule has 0 aromatic heterocycles. The summed E-state index contributed by atoms with van der Waals surface area (Å²) in [4.78, 5) is 16.3. The van der Waals surface area contributed by atoms with Gasteiger partial charge >= 0.3 is 0 Å². The Morgan fingerprint density at radius 3 is 2.55 bits per heavy atom. The Balaban J connectivity index is 0.00000784. The highest BCUT2D eigenvalue weighted by Gasteiger charge is 2.06. The van der Waals surface area contributed by atoms with Gasteiger partial charge in [-0.15, -0.1) is 24.0 Å². The van der Waals surface area contributed by atoms with Crippen molar-refractivity contribution in [2.45, 2.75) is 47.1 Å². The molecule has 0 aliphatic heterocycles. The standard InChI is InChI=1S/C21H36N4O3.HI/c1-5-11-23-20(26)10-12-24-21(22-6-2)25-16-18-9-8-17(4)15-19(18)28-14-13-27-7-3;/h8-9,15H,5-7,10-14,16H2,1-4H3,(H,23,26)(H2,22,24,25);1H. The van der Waals surface area contributed by atoms with Gasteiger partial charge in [-0.05, 0) is 38.8 Å². The van der Waals surface area contributed by atoms with Crippen LogP contribution < -0.4 is 20.7 Å². The number of ether oxygens (including phenoxy) is 2. The van der Waals surface area contributed by atoms with Crippen LogP contribution in [0.4, 0.5) is 0 Å². The minimum Gasteiger partial charge on any atom is -0.491 e. The number of nitrogens with zero attached hydrogens (tertiary/aromatic N) is 1. The molecular formula is C21H37IN4O3. The lowest BCUT2D eigenvalue weighted by Gasteiger charge is -2.14. The Morgan fingerprint density at radius 2 is 1.86 bits per heavy atom. The van der Waals surface area contributed by atoms with Crippen molar-refractivity contribution >= 4 is 35.8 Å². The molecule has 1 aromatic carbocycles. The van der Waals surface area contributed by atoms with Gasteiger partial charge in [0.15, 0.2) is 5.96 Å². The number of hydrogen-bond donors (Lipinski definition) is 3. The highest BCUT2D eigenvalue weighted by molar-refractivity contribution is 14.0. The van der Waals surface area contributed by atoms with Crippen molar-refractivity contribution in [2.24, 2.45) is 4.99 Å². The molecule has 0 atom stereocenters. The van der Waals surface area contributed by atoms with Crippen molar-refractivity contribution in [3.8, 4) is 5.75 Å². The lowest BCUT2D eigenvalue weighted by atomic mass is 10.1. The Kier molecular flexibility index (Phi) is 16.4. The highest BCUT2D eigenvalue weighted by atomic mass is 127. The maximum atomic E-state index is 11.7. The van der Waals surface area contributed by atoms with E-state index in [0.29, 0.717) is 51.8 Å². The largest absolute Gasteiger partial charge is 0.491 e. The number of guanidine groups is 1. The van der Waals surface area contributed by atoms with Crippen LogP contribution in [-0.2, 0) is 16.1 Å². The number of aliphatic imine (C=N–C) groups is 1. The fourth-order valence-electron chi connectivity index (χ4n) is 2.43. The van der Waals surface area contributed by atoms with Crippen molar-refractivity contribution in [1.29, 1.82) is 0 Å². The number of rotatable bonds is 13. The lowest BCUT2D eigenvalue weighted by molar-refractivity contribution is -0.120. The molecule has 1 amide bonds. The van der Waals surface area contributed by atoms with Gasteiger partial charge in [0, 0.05) is 38.2 Å². The first-order valence-electron chi connectivity index (χ1n) is 10.2. The zero-order valence-electron chi connectivity index (χ0n) is 18.2. The van der Waals surface area contributed by atoms with E-state index in [1.807, 2.05) is 39.8 Å². The molecule has 8 heteroatoms. The van der Waals surface area contributed by atoms with Crippen LogP contribution in [0, 0.1) is 6.92 Å². The van der Waals surface area contributed by atoms with E-state index in [1.165, 1.54) is 0 Å². The van der Waals surface area contributed by atoms with E-state index in [0.717, 1.165) is 29.8 Å². The summed E-state index contributed by atoms with van der Waals surface area (Å²) >= 11 is 0. The molecule has 1 aromatic rings.